The number of amides is 2. The van der Waals surface area contributed by atoms with Crippen LogP contribution in [-0.2, 0) is 4.79 Å². The lowest BCUT2D eigenvalue weighted by atomic mass is 10.2. The van der Waals surface area contributed by atoms with Crippen LogP contribution < -0.4 is 10.6 Å². The maximum atomic E-state index is 11.7. The van der Waals surface area contributed by atoms with Crippen molar-refractivity contribution in [2.45, 2.75) is 13.3 Å². The van der Waals surface area contributed by atoms with Crippen molar-refractivity contribution in [2.75, 3.05) is 10.6 Å². The van der Waals surface area contributed by atoms with E-state index in [0.29, 0.717) is 23.4 Å². The van der Waals surface area contributed by atoms with Crippen molar-refractivity contribution in [2.24, 2.45) is 0 Å². The SMILES string of the molecule is CCC(=O)Nc1ccc(NC(=O)c2cn[nH]c2)cc1. The van der Waals surface area contributed by atoms with E-state index >= 15 is 0 Å². The molecular formula is C13H14N4O2. The van der Waals surface area contributed by atoms with E-state index in [2.05, 4.69) is 20.8 Å². The summed E-state index contributed by atoms with van der Waals surface area (Å²) in [6.07, 6.45) is 3.40. The molecule has 6 nitrogen and oxygen atoms in total. The average molecular weight is 258 g/mol. The number of aromatic amines is 1. The van der Waals surface area contributed by atoms with Gasteiger partial charge in [0.1, 0.15) is 0 Å². The summed E-state index contributed by atoms with van der Waals surface area (Å²) in [5.74, 6) is -0.283. The van der Waals surface area contributed by atoms with Crippen LogP contribution in [0.25, 0.3) is 0 Å². The van der Waals surface area contributed by atoms with E-state index in [9.17, 15) is 9.59 Å². The second-order valence-corrected chi connectivity index (χ2v) is 3.92. The van der Waals surface area contributed by atoms with E-state index in [4.69, 9.17) is 0 Å². The second-order valence-electron chi connectivity index (χ2n) is 3.92. The number of hydrogen-bond acceptors (Lipinski definition) is 3. The molecule has 2 rings (SSSR count). The Labute approximate surface area is 110 Å². The number of H-pyrrole nitrogens is 1. The molecule has 0 saturated carbocycles. The highest BCUT2D eigenvalue weighted by Gasteiger charge is 2.06. The summed E-state index contributed by atoms with van der Waals surface area (Å²) < 4.78 is 0. The maximum absolute atomic E-state index is 11.7. The average Bonchev–Trinajstić information content (AvgIpc) is 2.95. The molecule has 0 aliphatic carbocycles. The van der Waals surface area contributed by atoms with Crippen LogP contribution in [0.4, 0.5) is 11.4 Å². The summed E-state index contributed by atoms with van der Waals surface area (Å²) in [6.45, 7) is 1.79. The fourth-order valence-electron chi connectivity index (χ4n) is 1.46. The largest absolute Gasteiger partial charge is 0.326 e. The molecule has 3 N–H and O–H groups in total. The molecule has 2 aromatic rings. The highest BCUT2D eigenvalue weighted by Crippen LogP contribution is 2.14. The summed E-state index contributed by atoms with van der Waals surface area (Å²) in [5.41, 5.74) is 1.82. The van der Waals surface area contributed by atoms with Crippen LogP contribution in [-0.4, -0.2) is 22.0 Å². The van der Waals surface area contributed by atoms with Crippen LogP contribution in [0.15, 0.2) is 36.7 Å². The van der Waals surface area contributed by atoms with E-state index in [-0.39, 0.29) is 11.8 Å². The lowest BCUT2D eigenvalue weighted by Crippen LogP contribution is -2.11. The van der Waals surface area contributed by atoms with Gasteiger partial charge < -0.3 is 10.6 Å². The molecule has 0 aliphatic rings. The van der Waals surface area contributed by atoms with Crippen molar-refractivity contribution in [3.63, 3.8) is 0 Å². The standard InChI is InChI=1S/C13H14N4O2/c1-2-12(18)16-10-3-5-11(6-4-10)17-13(19)9-7-14-15-8-9/h3-8H,2H2,1H3,(H,14,15)(H,16,18)(H,17,19). The third kappa shape index (κ3) is 3.41. The normalized spacial score (nSPS) is 9.95. The Hall–Kier alpha value is -2.63. The van der Waals surface area contributed by atoms with Gasteiger partial charge in [-0.15, -0.1) is 0 Å². The molecule has 98 valence electrons. The molecule has 1 aromatic heterocycles. The Morgan fingerprint density at radius 3 is 2.32 bits per heavy atom. The van der Waals surface area contributed by atoms with E-state index in [1.165, 1.54) is 12.4 Å². The lowest BCUT2D eigenvalue weighted by molar-refractivity contribution is -0.115. The predicted molar refractivity (Wildman–Crippen MR) is 71.9 cm³/mol. The molecule has 0 bridgehead atoms. The minimum Gasteiger partial charge on any atom is -0.326 e. The van der Waals surface area contributed by atoms with Gasteiger partial charge in [-0.05, 0) is 24.3 Å². The zero-order valence-electron chi connectivity index (χ0n) is 10.4. The van der Waals surface area contributed by atoms with Gasteiger partial charge in [-0.25, -0.2) is 0 Å². The van der Waals surface area contributed by atoms with E-state index in [1.807, 2.05) is 0 Å². The van der Waals surface area contributed by atoms with Gasteiger partial charge in [-0.2, -0.15) is 5.10 Å². The van der Waals surface area contributed by atoms with Crippen molar-refractivity contribution >= 4 is 23.2 Å². The Balaban J connectivity index is 1.99. The summed E-state index contributed by atoms with van der Waals surface area (Å²) in [4.78, 5) is 23.0. The summed E-state index contributed by atoms with van der Waals surface area (Å²) in [7, 11) is 0. The van der Waals surface area contributed by atoms with Crippen LogP contribution in [0.1, 0.15) is 23.7 Å². The molecule has 19 heavy (non-hydrogen) atoms. The number of anilines is 2. The van der Waals surface area contributed by atoms with Crippen LogP contribution in [0, 0.1) is 0 Å². The van der Waals surface area contributed by atoms with E-state index in [1.54, 1.807) is 31.2 Å². The van der Waals surface area contributed by atoms with Crippen LogP contribution in [0.2, 0.25) is 0 Å². The third-order valence-corrected chi connectivity index (χ3v) is 2.51. The zero-order chi connectivity index (χ0) is 13.7. The Bertz CT molecular complexity index is 561. The molecule has 2 amide bonds. The van der Waals surface area contributed by atoms with Gasteiger partial charge in [0.2, 0.25) is 5.91 Å². The summed E-state index contributed by atoms with van der Waals surface area (Å²) in [5, 5.41) is 11.7. The van der Waals surface area contributed by atoms with E-state index in [0.717, 1.165) is 0 Å². The molecule has 0 unspecified atom stereocenters. The first kappa shape index (κ1) is 12.8. The Morgan fingerprint density at radius 2 is 1.79 bits per heavy atom. The molecule has 0 radical (unpaired) electrons. The molecule has 0 spiro atoms. The van der Waals surface area contributed by atoms with Crippen molar-refractivity contribution in [3.05, 3.63) is 42.2 Å². The molecular weight excluding hydrogens is 244 g/mol. The van der Waals surface area contributed by atoms with E-state index < -0.39 is 0 Å². The molecule has 0 fully saturated rings. The third-order valence-electron chi connectivity index (χ3n) is 2.51. The zero-order valence-corrected chi connectivity index (χ0v) is 10.4. The van der Waals surface area contributed by atoms with Crippen LogP contribution >= 0.6 is 0 Å². The van der Waals surface area contributed by atoms with Crippen LogP contribution in [0.3, 0.4) is 0 Å². The topological polar surface area (TPSA) is 86.9 Å². The fraction of sp³-hybridized carbons (Fsp3) is 0.154. The van der Waals surface area contributed by atoms with Crippen molar-refractivity contribution in [1.82, 2.24) is 10.2 Å². The van der Waals surface area contributed by atoms with Gasteiger partial charge in [0, 0.05) is 24.0 Å². The van der Waals surface area contributed by atoms with Gasteiger partial charge in [0.25, 0.3) is 5.91 Å². The summed E-state index contributed by atoms with van der Waals surface area (Å²) >= 11 is 0. The number of hydrogen-bond donors (Lipinski definition) is 3. The lowest BCUT2D eigenvalue weighted by Gasteiger charge is -2.06. The second kappa shape index (κ2) is 5.81. The summed E-state index contributed by atoms with van der Waals surface area (Å²) in [6, 6.07) is 6.92. The number of carbonyl (C=O) groups is 2. The highest BCUT2D eigenvalue weighted by atomic mass is 16.2. The smallest absolute Gasteiger partial charge is 0.258 e. The van der Waals surface area contributed by atoms with Gasteiger partial charge in [0.05, 0.1) is 11.8 Å². The molecule has 1 heterocycles. The first-order chi connectivity index (χ1) is 9.19. The quantitative estimate of drug-likeness (QED) is 0.784. The number of aromatic nitrogens is 2. The minimum atomic E-state index is -0.237. The number of nitrogens with zero attached hydrogens (tertiary/aromatic N) is 1. The molecule has 0 atom stereocenters. The monoisotopic (exact) mass is 258 g/mol. The van der Waals surface area contributed by atoms with Gasteiger partial charge in [-0.3, -0.25) is 14.7 Å². The number of benzene rings is 1. The van der Waals surface area contributed by atoms with Gasteiger partial charge in [-0.1, -0.05) is 6.92 Å². The minimum absolute atomic E-state index is 0.0461. The van der Waals surface area contributed by atoms with Gasteiger partial charge >= 0.3 is 0 Å². The predicted octanol–water partition coefficient (Wildman–Crippen LogP) is 2.01. The van der Waals surface area contributed by atoms with Crippen molar-refractivity contribution in [3.8, 4) is 0 Å². The Morgan fingerprint density at radius 1 is 1.16 bits per heavy atom. The van der Waals surface area contributed by atoms with Gasteiger partial charge in [0.15, 0.2) is 0 Å². The molecule has 6 heteroatoms. The Kier molecular flexibility index (Phi) is 3.92. The van der Waals surface area contributed by atoms with Crippen molar-refractivity contribution in [1.29, 1.82) is 0 Å². The van der Waals surface area contributed by atoms with Crippen molar-refractivity contribution < 1.29 is 9.59 Å². The number of rotatable bonds is 4. The molecule has 1 aromatic carbocycles. The molecule has 0 aliphatic heterocycles. The fourth-order valence-corrected chi connectivity index (χ4v) is 1.46. The van der Waals surface area contributed by atoms with Crippen LogP contribution in [0.5, 0.6) is 0 Å². The highest BCUT2D eigenvalue weighted by molar-refractivity contribution is 6.04. The first-order valence-corrected chi connectivity index (χ1v) is 5.89. The number of nitrogens with one attached hydrogen (secondary N) is 3. The molecule has 0 saturated heterocycles. The maximum Gasteiger partial charge on any atom is 0.258 e. The first-order valence-electron chi connectivity index (χ1n) is 5.89. The number of carbonyl (C=O) groups excluding carboxylic acids is 2.